The smallest absolute Gasteiger partial charge is 0.122 e. The predicted molar refractivity (Wildman–Crippen MR) is 91.8 cm³/mol. The van der Waals surface area contributed by atoms with E-state index < -0.39 is 0 Å². The van der Waals surface area contributed by atoms with Gasteiger partial charge in [-0.1, -0.05) is 45.7 Å². The predicted octanol–water partition coefficient (Wildman–Crippen LogP) is 3.96. The van der Waals surface area contributed by atoms with Crippen molar-refractivity contribution in [2.45, 2.75) is 11.8 Å². The number of aliphatic hydroxyl groups is 2. The summed E-state index contributed by atoms with van der Waals surface area (Å²) in [5, 5.41) is 20.4. The summed E-state index contributed by atoms with van der Waals surface area (Å²) in [6, 6.07) is 13.0. The first-order valence-electron chi connectivity index (χ1n) is 6.92. The van der Waals surface area contributed by atoms with E-state index in [1.54, 1.807) is 25.3 Å². The van der Waals surface area contributed by atoms with Crippen LogP contribution in [-0.4, -0.2) is 30.5 Å². The Morgan fingerprint density at radius 3 is 2.27 bits per heavy atom. The summed E-state index contributed by atoms with van der Waals surface area (Å²) in [4.78, 5) is 0. The monoisotopic (exact) mass is 384 g/mol. The normalized spacial score (nSPS) is 13.7. The molecule has 2 aromatic carbocycles. The molecule has 3 nitrogen and oxygen atoms in total. The van der Waals surface area contributed by atoms with Gasteiger partial charge in [0.2, 0.25) is 0 Å². The second-order valence-corrected chi connectivity index (χ2v) is 6.28. The van der Waals surface area contributed by atoms with Gasteiger partial charge in [0.15, 0.2) is 0 Å². The van der Waals surface area contributed by atoms with Crippen molar-refractivity contribution in [2.24, 2.45) is 0 Å². The average Bonchev–Trinajstić information content (AvgIpc) is 2.53. The maximum absolute atomic E-state index is 9.92. The van der Waals surface area contributed by atoms with Gasteiger partial charge in [-0.2, -0.15) is 0 Å². The van der Waals surface area contributed by atoms with E-state index in [2.05, 4.69) is 15.9 Å². The molecule has 5 heteroatoms. The molecule has 22 heavy (non-hydrogen) atoms. The fourth-order valence-corrected chi connectivity index (χ4v) is 3.41. The number of hydrogen-bond acceptors (Lipinski definition) is 3. The van der Waals surface area contributed by atoms with E-state index in [9.17, 15) is 10.2 Å². The second kappa shape index (κ2) is 7.97. The van der Waals surface area contributed by atoms with Crippen LogP contribution in [0.15, 0.2) is 46.9 Å². The fourth-order valence-electron chi connectivity index (χ4n) is 2.66. The van der Waals surface area contributed by atoms with E-state index >= 15 is 0 Å². The van der Waals surface area contributed by atoms with E-state index in [1.165, 1.54) is 0 Å². The minimum atomic E-state index is -0.322. The van der Waals surface area contributed by atoms with Crippen molar-refractivity contribution in [1.82, 2.24) is 0 Å². The largest absolute Gasteiger partial charge is 0.496 e. The first kappa shape index (κ1) is 17.3. The molecule has 0 heterocycles. The Balaban J connectivity index is 2.50. The average molecular weight is 386 g/mol. The van der Waals surface area contributed by atoms with Crippen LogP contribution in [0.1, 0.15) is 23.0 Å². The Morgan fingerprint density at radius 2 is 1.68 bits per heavy atom. The van der Waals surface area contributed by atoms with Gasteiger partial charge in [0.25, 0.3) is 0 Å². The topological polar surface area (TPSA) is 49.7 Å². The fraction of sp³-hybridized carbons (Fsp3) is 0.294. The highest BCUT2D eigenvalue weighted by molar-refractivity contribution is 9.10. The van der Waals surface area contributed by atoms with Crippen molar-refractivity contribution in [3.05, 3.63) is 63.1 Å². The van der Waals surface area contributed by atoms with Crippen molar-refractivity contribution in [2.75, 3.05) is 20.3 Å². The molecule has 0 aliphatic heterocycles. The van der Waals surface area contributed by atoms with Crippen molar-refractivity contribution in [3.63, 3.8) is 0 Å². The van der Waals surface area contributed by atoms with Gasteiger partial charge in [-0.3, -0.25) is 0 Å². The summed E-state index contributed by atoms with van der Waals surface area (Å²) >= 11 is 9.60. The zero-order chi connectivity index (χ0) is 16.1. The van der Waals surface area contributed by atoms with Gasteiger partial charge in [-0.05, 0) is 29.8 Å². The van der Waals surface area contributed by atoms with Crippen molar-refractivity contribution < 1.29 is 14.9 Å². The molecule has 0 bridgehead atoms. The van der Waals surface area contributed by atoms with E-state index in [1.807, 2.05) is 24.3 Å². The van der Waals surface area contributed by atoms with Gasteiger partial charge < -0.3 is 14.9 Å². The maximum Gasteiger partial charge on any atom is 0.122 e. The minimum absolute atomic E-state index is 0.0937. The minimum Gasteiger partial charge on any atom is -0.496 e. The number of hydrogen-bond donors (Lipinski definition) is 2. The van der Waals surface area contributed by atoms with Crippen LogP contribution in [0.25, 0.3) is 0 Å². The van der Waals surface area contributed by atoms with E-state index in [0.717, 1.165) is 15.6 Å². The summed E-state index contributed by atoms with van der Waals surface area (Å²) in [6.07, 6.45) is 0. The quantitative estimate of drug-likeness (QED) is 0.791. The molecule has 0 amide bonds. The number of methoxy groups -OCH3 is 1. The van der Waals surface area contributed by atoms with Gasteiger partial charge in [-0.15, -0.1) is 0 Å². The number of ether oxygens (including phenoxy) is 1. The molecule has 2 rings (SSSR count). The van der Waals surface area contributed by atoms with E-state index in [-0.39, 0.29) is 25.0 Å². The molecule has 118 valence electrons. The van der Waals surface area contributed by atoms with Gasteiger partial charge in [-0.25, -0.2) is 0 Å². The van der Waals surface area contributed by atoms with Gasteiger partial charge in [0.05, 0.1) is 20.3 Å². The van der Waals surface area contributed by atoms with E-state index in [4.69, 9.17) is 16.3 Å². The number of rotatable bonds is 6. The maximum atomic E-state index is 9.92. The number of aliphatic hydroxyl groups excluding tert-OH is 2. The first-order chi connectivity index (χ1) is 10.6. The number of halogens is 2. The van der Waals surface area contributed by atoms with E-state index in [0.29, 0.717) is 10.8 Å². The molecule has 0 saturated heterocycles. The molecule has 0 aliphatic rings. The summed E-state index contributed by atoms with van der Waals surface area (Å²) in [5.74, 6) is 0.0549. The van der Waals surface area contributed by atoms with Gasteiger partial charge >= 0.3 is 0 Å². The molecule has 0 aromatic heterocycles. The highest BCUT2D eigenvalue weighted by atomic mass is 79.9. The highest BCUT2D eigenvalue weighted by Gasteiger charge is 2.27. The van der Waals surface area contributed by atoms with Crippen LogP contribution in [0.2, 0.25) is 5.02 Å². The second-order valence-electron chi connectivity index (χ2n) is 4.99. The Kier molecular flexibility index (Phi) is 6.26. The molecule has 2 N–H and O–H groups in total. The van der Waals surface area contributed by atoms with Crippen molar-refractivity contribution in [1.29, 1.82) is 0 Å². The summed E-state index contributed by atoms with van der Waals surface area (Å²) in [6.45, 7) is -0.216. The summed E-state index contributed by atoms with van der Waals surface area (Å²) in [7, 11) is 1.58. The van der Waals surface area contributed by atoms with Crippen LogP contribution in [0.3, 0.4) is 0 Å². The van der Waals surface area contributed by atoms with Crippen LogP contribution < -0.4 is 4.74 Å². The Labute approximate surface area is 143 Å². The molecule has 0 spiro atoms. The van der Waals surface area contributed by atoms with Crippen molar-refractivity contribution >= 4 is 27.5 Å². The standard InChI is InChI=1S/C17H18BrClO3/c1-22-17-7-6-11(19)8-13(17)15(10-21)14(9-20)12-4-2-3-5-16(12)18/h2-8,14-15,20-21H,9-10H2,1H3/t14-,15-/m1/s1. The molecular weight excluding hydrogens is 368 g/mol. The molecule has 0 radical (unpaired) electrons. The van der Waals surface area contributed by atoms with Crippen LogP contribution in [0.4, 0.5) is 0 Å². The first-order valence-corrected chi connectivity index (χ1v) is 8.09. The molecule has 2 aromatic rings. The molecular formula is C17H18BrClO3. The Morgan fingerprint density at radius 1 is 1.05 bits per heavy atom. The summed E-state index contributed by atoms with van der Waals surface area (Å²) in [5.41, 5.74) is 1.72. The van der Waals surface area contributed by atoms with Crippen LogP contribution in [-0.2, 0) is 0 Å². The Hall–Kier alpha value is -1.07. The third-order valence-electron chi connectivity index (χ3n) is 3.78. The van der Waals surface area contributed by atoms with Gasteiger partial charge in [0.1, 0.15) is 5.75 Å². The van der Waals surface area contributed by atoms with Crippen molar-refractivity contribution in [3.8, 4) is 5.75 Å². The SMILES string of the molecule is COc1ccc(Cl)cc1[C@@H](CO)[C@H](CO)c1ccccc1Br. The lowest BCUT2D eigenvalue weighted by molar-refractivity contribution is 0.194. The summed E-state index contributed by atoms with van der Waals surface area (Å²) < 4.78 is 6.28. The van der Waals surface area contributed by atoms with Crippen LogP contribution >= 0.6 is 27.5 Å². The third kappa shape index (κ3) is 3.63. The highest BCUT2D eigenvalue weighted by Crippen LogP contribution is 2.40. The zero-order valence-corrected chi connectivity index (χ0v) is 14.5. The number of benzene rings is 2. The zero-order valence-electron chi connectivity index (χ0n) is 12.2. The van der Waals surface area contributed by atoms with Crippen LogP contribution in [0.5, 0.6) is 5.75 Å². The molecule has 0 unspecified atom stereocenters. The molecule has 0 fully saturated rings. The van der Waals surface area contributed by atoms with Gasteiger partial charge in [0, 0.05) is 26.9 Å². The lowest BCUT2D eigenvalue weighted by atomic mass is 9.82. The molecule has 2 atom stereocenters. The molecule has 0 saturated carbocycles. The lowest BCUT2D eigenvalue weighted by Crippen LogP contribution is -2.19. The lowest BCUT2D eigenvalue weighted by Gasteiger charge is -2.27. The third-order valence-corrected chi connectivity index (χ3v) is 4.73. The van der Waals surface area contributed by atoms with Crippen LogP contribution in [0, 0.1) is 0 Å². The molecule has 0 aliphatic carbocycles. The Bertz CT molecular complexity index is 633.